The maximum Gasteiger partial charge on any atom is 0.318 e. The minimum atomic E-state index is -0.347. The Hall–Kier alpha value is -2.86. The van der Waals surface area contributed by atoms with E-state index in [0.717, 1.165) is 48.9 Å². The van der Waals surface area contributed by atoms with Gasteiger partial charge >= 0.3 is 6.03 Å². The minimum Gasteiger partial charge on any atom is -0.352 e. The summed E-state index contributed by atoms with van der Waals surface area (Å²) in [6.45, 7) is 1.97. The lowest BCUT2D eigenvalue weighted by Gasteiger charge is -2.24. The zero-order chi connectivity index (χ0) is 21.8. The Labute approximate surface area is 184 Å². The molecule has 2 aromatic rings. The molecule has 1 saturated heterocycles. The highest BCUT2D eigenvalue weighted by Crippen LogP contribution is 2.25. The molecular formula is C25H32N4O2. The maximum absolute atomic E-state index is 12.9. The molecular weight excluding hydrogens is 388 g/mol. The topological polar surface area (TPSA) is 64.7 Å². The van der Waals surface area contributed by atoms with Crippen molar-refractivity contribution in [3.8, 4) is 11.1 Å². The number of hydrogen-bond acceptors (Lipinski definition) is 3. The SMILES string of the molecule is CN(C)Cc1ccc(-c2ccccc2CNC(=O)N2CCCC2C(=O)NC2CC2)cc1. The normalized spacial score (nSPS) is 18.3. The van der Waals surface area contributed by atoms with Crippen molar-refractivity contribution in [1.29, 1.82) is 0 Å². The largest absolute Gasteiger partial charge is 0.352 e. The third-order valence-corrected chi connectivity index (χ3v) is 5.95. The van der Waals surface area contributed by atoms with Gasteiger partial charge in [0.25, 0.3) is 0 Å². The second-order valence-electron chi connectivity index (χ2n) is 8.88. The Balaban J connectivity index is 1.40. The molecule has 0 aromatic heterocycles. The van der Waals surface area contributed by atoms with Crippen LogP contribution in [0.25, 0.3) is 11.1 Å². The first-order valence-corrected chi connectivity index (χ1v) is 11.2. The van der Waals surface area contributed by atoms with Gasteiger partial charge in [0, 0.05) is 25.7 Å². The fourth-order valence-electron chi connectivity index (χ4n) is 4.19. The zero-order valence-corrected chi connectivity index (χ0v) is 18.4. The molecule has 0 bridgehead atoms. The van der Waals surface area contributed by atoms with Crippen molar-refractivity contribution in [2.45, 2.75) is 50.9 Å². The summed E-state index contributed by atoms with van der Waals surface area (Å²) in [4.78, 5) is 29.2. The van der Waals surface area contributed by atoms with E-state index < -0.39 is 0 Å². The Morgan fingerprint density at radius 2 is 1.77 bits per heavy atom. The summed E-state index contributed by atoms with van der Waals surface area (Å²) in [7, 11) is 4.12. The monoisotopic (exact) mass is 420 g/mol. The lowest BCUT2D eigenvalue weighted by Crippen LogP contribution is -2.49. The smallest absolute Gasteiger partial charge is 0.318 e. The van der Waals surface area contributed by atoms with Gasteiger partial charge in [-0.15, -0.1) is 0 Å². The van der Waals surface area contributed by atoms with E-state index in [9.17, 15) is 9.59 Å². The highest BCUT2D eigenvalue weighted by Gasteiger charge is 2.36. The number of amides is 3. The van der Waals surface area contributed by atoms with Crippen LogP contribution in [0, 0.1) is 0 Å². The number of hydrogen-bond donors (Lipinski definition) is 2. The van der Waals surface area contributed by atoms with E-state index in [1.165, 1.54) is 5.56 Å². The van der Waals surface area contributed by atoms with Crippen LogP contribution in [0.4, 0.5) is 4.79 Å². The predicted octanol–water partition coefficient (Wildman–Crippen LogP) is 3.37. The predicted molar refractivity (Wildman–Crippen MR) is 122 cm³/mol. The quantitative estimate of drug-likeness (QED) is 0.722. The Morgan fingerprint density at radius 1 is 1.03 bits per heavy atom. The van der Waals surface area contributed by atoms with Crippen molar-refractivity contribution in [3.63, 3.8) is 0 Å². The molecule has 1 aliphatic carbocycles. The van der Waals surface area contributed by atoms with Crippen LogP contribution in [-0.4, -0.2) is 54.5 Å². The molecule has 6 nitrogen and oxygen atoms in total. The van der Waals surface area contributed by atoms with Crippen molar-refractivity contribution >= 4 is 11.9 Å². The average molecular weight is 421 g/mol. The van der Waals surface area contributed by atoms with Gasteiger partial charge in [-0.3, -0.25) is 4.79 Å². The van der Waals surface area contributed by atoms with E-state index in [1.54, 1.807) is 4.90 Å². The molecule has 1 atom stereocenters. The van der Waals surface area contributed by atoms with Gasteiger partial charge in [0.1, 0.15) is 6.04 Å². The standard InChI is InChI=1S/C25H32N4O2/c1-28(2)17-18-9-11-19(12-10-18)22-7-4-3-6-20(22)16-26-25(31)29-15-5-8-23(29)24(30)27-21-13-14-21/h3-4,6-7,9-12,21,23H,5,8,13-17H2,1-2H3,(H,26,31)(H,27,30). The van der Waals surface area contributed by atoms with Crippen LogP contribution in [0.5, 0.6) is 0 Å². The molecule has 164 valence electrons. The molecule has 2 N–H and O–H groups in total. The lowest BCUT2D eigenvalue weighted by molar-refractivity contribution is -0.124. The van der Waals surface area contributed by atoms with Gasteiger partial charge in [0.05, 0.1) is 0 Å². The van der Waals surface area contributed by atoms with Crippen molar-refractivity contribution < 1.29 is 9.59 Å². The molecule has 0 spiro atoms. The summed E-state index contributed by atoms with van der Waals surface area (Å²) in [5, 5.41) is 6.08. The van der Waals surface area contributed by atoms with E-state index in [-0.39, 0.29) is 18.0 Å². The first-order valence-electron chi connectivity index (χ1n) is 11.2. The van der Waals surface area contributed by atoms with Gasteiger partial charge in [0.15, 0.2) is 0 Å². The summed E-state index contributed by atoms with van der Waals surface area (Å²) >= 11 is 0. The van der Waals surface area contributed by atoms with Crippen LogP contribution < -0.4 is 10.6 Å². The second kappa shape index (κ2) is 9.52. The van der Waals surface area contributed by atoms with Gasteiger partial charge in [-0.25, -0.2) is 4.79 Å². The van der Waals surface area contributed by atoms with Gasteiger partial charge in [-0.1, -0.05) is 48.5 Å². The molecule has 1 unspecified atom stereocenters. The highest BCUT2D eigenvalue weighted by atomic mass is 16.2. The minimum absolute atomic E-state index is 0.00614. The number of likely N-dealkylation sites (tertiary alicyclic amines) is 1. The summed E-state index contributed by atoms with van der Waals surface area (Å²) in [6, 6.07) is 16.5. The molecule has 2 fully saturated rings. The second-order valence-corrected chi connectivity index (χ2v) is 8.88. The molecule has 2 aromatic carbocycles. The maximum atomic E-state index is 12.9. The van der Waals surface area contributed by atoms with E-state index in [1.807, 2.05) is 18.2 Å². The van der Waals surface area contributed by atoms with Crippen LogP contribution >= 0.6 is 0 Å². The number of nitrogens with one attached hydrogen (secondary N) is 2. The fraction of sp³-hybridized carbons (Fsp3) is 0.440. The van der Waals surface area contributed by atoms with Crippen LogP contribution in [0.2, 0.25) is 0 Å². The third-order valence-electron chi connectivity index (χ3n) is 5.95. The molecule has 6 heteroatoms. The summed E-state index contributed by atoms with van der Waals surface area (Å²) < 4.78 is 0. The first kappa shape index (κ1) is 21.4. The molecule has 1 heterocycles. The lowest BCUT2D eigenvalue weighted by atomic mass is 9.98. The Bertz CT molecular complexity index is 921. The first-order chi connectivity index (χ1) is 15.0. The summed E-state index contributed by atoms with van der Waals surface area (Å²) in [5.41, 5.74) is 4.58. The molecule has 0 radical (unpaired) electrons. The number of nitrogens with zero attached hydrogens (tertiary/aromatic N) is 2. The summed E-state index contributed by atoms with van der Waals surface area (Å²) in [5.74, 6) is -0.00614. The van der Waals surface area contributed by atoms with Crippen LogP contribution in [0.1, 0.15) is 36.8 Å². The number of rotatable bonds is 7. The van der Waals surface area contributed by atoms with Crippen molar-refractivity contribution in [2.24, 2.45) is 0 Å². The fourth-order valence-corrected chi connectivity index (χ4v) is 4.19. The van der Waals surface area contributed by atoms with Crippen molar-refractivity contribution in [2.75, 3.05) is 20.6 Å². The van der Waals surface area contributed by atoms with Gasteiger partial charge in [-0.05, 0) is 62.0 Å². The van der Waals surface area contributed by atoms with E-state index >= 15 is 0 Å². The van der Waals surface area contributed by atoms with E-state index in [2.05, 4.69) is 60.0 Å². The third kappa shape index (κ3) is 5.44. The van der Waals surface area contributed by atoms with Gasteiger partial charge < -0.3 is 20.4 Å². The van der Waals surface area contributed by atoms with Crippen molar-refractivity contribution in [3.05, 3.63) is 59.7 Å². The molecule has 4 rings (SSSR count). The average Bonchev–Trinajstić information content (AvgIpc) is 3.43. The highest BCUT2D eigenvalue weighted by molar-refractivity contribution is 5.88. The molecule has 1 aliphatic heterocycles. The van der Waals surface area contributed by atoms with Crippen LogP contribution in [0.3, 0.4) is 0 Å². The number of benzene rings is 2. The molecule has 2 aliphatic rings. The Kier molecular flexibility index (Phi) is 6.56. The number of carbonyl (C=O) groups is 2. The summed E-state index contributed by atoms with van der Waals surface area (Å²) in [6.07, 6.45) is 3.71. The van der Waals surface area contributed by atoms with Crippen LogP contribution in [0.15, 0.2) is 48.5 Å². The molecule has 31 heavy (non-hydrogen) atoms. The zero-order valence-electron chi connectivity index (χ0n) is 18.4. The molecule has 1 saturated carbocycles. The van der Waals surface area contributed by atoms with Gasteiger partial charge in [0.2, 0.25) is 5.91 Å². The number of carbonyl (C=O) groups excluding carboxylic acids is 2. The van der Waals surface area contributed by atoms with Crippen LogP contribution in [-0.2, 0) is 17.9 Å². The Morgan fingerprint density at radius 3 is 2.48 bits per heavy atom. The van der Waals surface area contributed by atoms with E-state index in [4.69, 9.17) is 0 Å². The van der Waals surface area contributed by atoms with Crippen molar-refractivity contribution in [1.82, 2.24) is 20.4 Å². The number of urea groups is 1. The van der Waals surface area contributed by atoms with E-state index in [0.29, 0.717) is 19.1 Å². The molecule has 3 amide bonds. The van der Waals surface area contributed by atoms with Gasteiger partial charge in [-0.2, -0.15) is 0 Å².